The van der Waals surface area contributed by atoms with Crippen LogP contribution in [-0.2, 0) is 9.53 Å². The number of anilines is 1. The minimum Gasteiger partial charge on any atom is -0.448 e. The van der Waals surface area contributed by atoms with Gasteiger partial charge in [0.05, 0.1) is 5.69 Å². The molecule has 1 aliphatic heterocycles. The number of aromatic nitrogens is 2. The zero-order valence-electron chi connectivity index (χ0n) is 17.1. The second-order valence-electron chi connectivity index (χ2n) is 7.37. The Morgan fingerprint density at radius 1 is 1.03 bits per heavy atom. The molecule has 1 aliphatic rings. The van der Waals surface area contributed by atoms with Crippen LogP contribution in [-0.4, -0.2) is 59.3 Å². The molecule has 1 fully saturated rings. The number of ether oxygens (including phenoxy) is 1. The monoisotopic (exact) mass is 482 g/mol. The van der Waals surface area contributed by atoms with Crippen molar-refractivity contribution in [3.8, 4) is 11.3 Å². The highest BCUT2D eigenvalue weighted by Gasteiger charge is 2.28. The van der Waals surface area contributed by atoms with Gasteiger partial charge in [0.1, 0.15) is 5.69 Å². The Hall–Kier alpha value is -3.13. The van der Waals surface area contributed by atoms with Crippen LogP contribution in [0.5, 0.6) is 0 Å². The van der Waals surface area contributed by atoms with Crippen molar-refractivity contribution >= 4 is 33.5 Å². The first kappa shape index (κ1) is 21.1. The molecule has 1 unspecified atom stereocenters. The number of aromatic amines is 1. The van der Waals surface area contributed by atoms with E-state index in [1.165, 1.54) is 0 Å². The quantitative estimate of drug-likeness (QED) is 0.560. The van der Waals surface area contributed by atoms with Crippen LogP contribution in [0, 0.1) is 0 Å². The summed E-state index contributed by atoms with van der Waals surface area (Å²) in [6.45, 7) is 4.28. The number of para-hydroxylation sites is 1. The average Bonchev–Trinajstić information content (AvgIpc) is 3.30. The smallest absolute Gasteiger partial charge is 0.357 e. The number of hydrogen-bond donors (Lipinski definition) is 1. The number of nitrogens with one attached hydrogen (secondary N) is 1. The van der Waals surface area contributed by atoms with Gasteiger partial charge in [0.15, 0.2) is 6.10 Å². The van der Waals surface area contributed by atoms with Crippen LogP contribution < -0.4 is 4.90 Å². The second-order valence-corrected chi connectivity index (χ2v) is 8.28. The minimum atomic E-state index is -0.866. The fraction of sp³-hybridized carbons (Fsp3) is 0.261. The van der Waals surface area contributed by atoms with E-state index in [1.54, 1.807) is 17.9 Å². The molecule has 1 amide bonds. The molecular formula is C23H23BrN4O3. The van der Waals surface area contributed by atoms with Crippen molar-refractivity contribution in [3.63, 3.8) is 0 Å². The number of esters is 1. The third-order valence-corrected chi connectivity index (χ3v) is 5.81. The zero-order chi connectivity index (χ0) is 21.8. The summed E-state index contributed by atoms with van der Waals surface area (Å²) >= 11 is 3.39. The Bertz CT molecular complexity index is 1040. The van der Waals surface area contributed by atoms with E-state index in [-0.39, 0.29) is 11.6 Å². The predicted molar refractivity (Wildman–Crippen MR) is 122 cm³/mol. The molecule has 0 aliphatic carbocycles. The molecular weight excluding hydrogens is 460 g/mol. The van der Waals surface area contributed by atoms with Gasteiger partial charge in [-0.2, -0.15) is 5.10 Å². The average molecular weight is 483 g/mol. The number of nitrogens with zero attached hydrogens (tertiary/aromatic N) is 3. The minimum absolute atomic E-state index is 0.186. The van der Waals surface area contributed by atoms with Gasteiger partial charge < -0.3 is 14.5 Å². The molecule has 31 heavy (non-hydrogen) atoms. The van der Waals surface area contributed by atoms with Crippen molar-refractivity contribution in [2.75, 3.05) is 31.1 Å². The van der Waals surface area contributed by atoms with Crippen molar-refractivity contribution < 1.29 is 14.3 Å². The maximum absolute atomic E-state index is 12.8. The second kappa shape index (κ2) is 9.34. The molecule has 4 rings (SSSR count). The number of carbonyl (C=O) groups excluding carboxylic acids is 2. The van der Waals surface area contributed by atoms with E-state index in [1.807, 2.05) is 42.5 Å². The first-order chi connectivity index (χ1) is 15.0. The van der Waals surface area contributed by atoms with Crippen molar-refractivity contribution in [1.82, 2.24) is 15.1 Å². The third kappa shape index (κ3) is 4.96. The third-order valence-electron chi connectivity index (χ3n) is 5.28. The van der Waals surface area contributed by atoms with E-state index in [9.17, 15) is 9.59 Å². The molecule has 0 bridgehead atoms. The highest BCUT2D eigenvalue weighted by molar-refractivity contribution is 9.10. The maximum Gasteiger partial charge on any atom is 0.357 e. The Balaban J connectivity index is 1.32. The van der Waals surface area contributed by atoms with E-state index in [0.717, 1.165) is 28.8 Å². The summed E-state index contributed by atoms with van der Waals surface area (Å²) in [7, 11) is 0. The van der Waals surface area contributed by atoms with Crippen LogP contribution in [0.15, 0.2) is 65.1 Å². The van der Waals surface area contributed by atoms with E-state index in [4.69, 9.17) is 4.74 Å². The molecule has 8 heteroatoms. The summed E-state index contributed by atoms with van der Waals surface area (Å²) in [6.07, 6.45) is -0.866. The van der Waals surface area contributed by atoms with Gasteiger partial charge in [0.2, 0.25) is 0 Å². The molecule has 7 nitrogen and oxygen atoms in total. The molecule has 0 radical (unpaired) electrons. The Morgan fingerprint density at radius 3 is 2.39 bits per heavy atom. The van der Waals surface area contributed by atoms with Crippen LogP contribution in [0.3, 0.4) is 0 Å². The van der Waals surface area contributed by atoms with Crippen LogP contribution in [0.1, 0.15) is 17.4 Å². The number of rotatable bonds is 5. The topological polar surface area (TPSA) is 78.5 Å². The van der Waals surface area contributed by atoms with Gasteiger partial charge >= 0.3 is 5.97 Å². The van der Waals surface area contributed by atoms with Crippen molar-refractivity contribution in [2.24, 2.45) is 0 Å². The lowest BCUT2D eigenvalue weighted by Crippen LogP contribution is -2.51. The molecule has 1 atom stereocenters. The van der Waals surface area contributed by atoms with Crippen LogP contribution in [0.25, 0.3) is 11.3 Å². The Morgan fingerprint density at radius 2 is 1.71 bits per heavy atom. The maximum atomic E-state index is 12.8. The van der Waals surface area contributed by atoms with Crippen molar-refractivity contribution in [3.05, 3.63) is 70.8 Å². The number of hydrogen-bond acceptors (Lipinski definition) is 5. The van der Waals surface area contributed by atoms with Gasteiger partial charge in [-0.1, -0.05) is 46.3 Å². The SMILES string of the molecule is CC(OC(=O)c1cc(-c2ccc(Br)cc2)n[nH]1)C(=O)N1CCN(c2ccccc2)CC1. The molecule has 1 N–H and O–H groups in total. The van der Waals surface area contributed by atoms with E-state index in [0.29, 0.717) is 18.8 Å². The highest BCUT2D eigenvalue weighted by atomic mass is 79.9. The summed E-state index contributed by atoms with van der Waals surface area (Å²) in [5.41, 5.74) is 2.87. The van der Waals surface area contributed by atoms with Gasteiger partial charge in [-0.25, -0.2) is 4.79 Å². The van der Waals surface area contributed by atoms with Gasteiger partial charge in [-0.15, -0.1) is 0 Å². The lowest BCUT2D eigenvalue weighted by Gasteiger charge is -2.37. The molecule has 0 spiro atoms. The van der Waals surface area contributed by atoms with Crippen LogP contribution >= 0.6 is 15.9 Å². The number of amides is 1. The lowest BCUT2D eigenvalue weighted by atomic mass is 10.1. The van der Waals surface area contributed by atoms with Crippen LogP contribution in [0.2, 0.25) is 0 Å². The molecule has 160 valence electrons. The molecule has 3 aromatic rings. The summed E-state index contributed by atoms with van der Waals surface area (Å²) in [4.78, 5) is 29.3. The summed E-state index contributed by atoms with van der Waals surface area (Å²) in [5.74, 6) is -0.784. The molecule has 2 heterocycles. The molecule has 2 aromatic carbocycles. The number of H-pyrrole nitrogens is 1. The van der Waals surface area contributed by atoms with Gasteiger partial charge in [-0.3, -0.25) is 9.89 Å². The lowest BCUT2D eigenvalue weighted by molar-refractivity contribution is -0.140. The standard InChI is InChI=1S/C23H23BrN4O3/c1-16(22(29)28-13-11-27(12-14-28)19-5-3-2-4-6-19)31-23(30)21-15-20(25-26-21)17-7-9-18(24)10-8-17/h2-10,15-16H,11-14H2,1H3,(H,25,26). The number of carbonyl (C=O) groups is 2. The summed E-state index contributed by atoms with van der Waals surface area (Å²) in [6, 6.07) is 19.4. The molecule has 1 saturated heterocycles. The Labute approximate surface area is 189 Å². The molecule has 1 aromatic heterocycles. The highest BCUT2D eigenvalue weighted by Crippen LogP contribution is 2.21. The van der Waals surface area contributed by atoms with Gasteiger partial charge in [0, 0.05) is 41.9 Å². The first-order valence-corrected chi connectivity index (χ1v) is 10.9. The normalized spacial score (nSPS) is 14.9. The zero-order valence-corrected chi connectivity index (χ0v) is 18.7. The molecule has 0 saturated carbocycles. The van der Waals surface area contributed by atoms with Gasteiger partial charge in [0.25, 0.3) is 5.91 Å². The van der Waals surface area contributed by atoms with E-state index in [2.05, 4.69) is 43.2 Å². The summed E-state index contributed by atoms with van der Waals surface area (Å²) in [5, 5.41) is 6.87. The Kier molecular flexibility index (Phi) is 6.36. The fourth-order valence-electron chi connectivity index (χ4n) is 3.55. The van der Waals surface area contributed by atoms with E-state index < -0.39 is 12.1 Å². The van der Waals surface area contributed by atoms with Crippen LogP contribution in [0.4, 0.5) is 5.69 Å². The number of halogens is 1. The van der Waals surface area contributed by atoms with Gasteiger partial charge in [-0.05, 0) is 37.3 Å². The predicted octanol–water partition coefficient (Wildman–Crippen LogP) is 3.73. The summed E-state index contributed by atoms with van der Waals surface area (Å²) < 4.78 is 6.37. The number of piperazine rings is 1. The van der Waals surface area contributed by atoms with Crippen molar-refractivity contribution in [1.29, 1.82) is 0 Å². The largest absolute Gasteiger partial charge is 0.448 e. The van der Waals surface area contributed by atoms with Crippen molar-refractivity contribution in [2.45, 2.75) is 13.0 Å². The fourth-order valence-corrected chi connectivity index (χ4v) is 3.81. The van der Waals surface area contributed by atoms with E-state index >= 15 is 0 Å². The number of benzene rings is 2. The first-order valence-electron chi connectivity index (χ1n) is 10.1.